The van der Waals surface area contributed by atoms with Gasteiger partial charge >= 0.3 is 0 Å². The average Bonchev–Trinajstić information content (AvgIpc) is 2.87. The maximum Gasteiger partial charge on any atom is 0.243 e. The molecule has 0 aliphatic carbocycles. The lowest BCUT2D eigenvalue weighted by Gasteiger charge is -2.32. The lowest BCUT2D eigenvalue weighted by Crippen LogP contribution is -2.52. The molecule has 0 bridgehead atoms. The van der Waals surface area contributed by atoms with E-state index in [1.54, 1.807) is 16.7 Å². The molecule has 0 spiro atoms. The van der Waals surface area contributed by atoms with Crippen LogP contribution in [0.5, 0.6) is 0 Å². The Labute approximate surface area is 218 Å². The maximum atomic E-state index is 13.6. The van der Waals surface area contributed by atoms with Gasteiger partial charge in [-0.2, -0.15) is 0 Å². The molecule has 6 heteroatoms. The van der Waals surface area contributed by atoms with Gasteiger partial charge in [-0.05, 0) is 48.7 Å². The number of benzene rings is 3. The molecule has 3 aromatic carbocycles. The highest BCUT2D eigenvalue weighted by Crippen LogP contribution is 2.21. The van der Waals surface area contributed by atoms with E-state index in [9.17, 15) is 9.59 Å². The van der Waals surface area contributed by atoms with Crippen LogP contribution in [-0.2, 0) is 22.6 Å². The molecule has 3 rings (SSSR count). The third kappa shape index (κ3) is 8.75. The molecule has 35 heavy (non-hydrogen) atoms. The lowest BCUT2D eigenvalue weighted by molar-refractivity contribution is -0.141. The molecule has 0 aliphatic heterocycles. The Morgan fingerprint density at radius 1 is 0.943 bits per heavy atom. The number of halogens is 1. The van der Waals surface area contributed by atoms with E-state index in [0.29, 0.717) is 30.2 Å². The van der Waals surface area contributed by atoms with Gasteiger partial charge in [0, 0.05) is 41.1 Å². The Hall–Kier alpha value is -2.76. The van der Waals surface area contributed by atoms with Crippen molar-refractivity contribution in [3.8, 4) is 0 Å². The minimum Gasteiger partial charge on any atom is -0.352 e. The van der Waals surface area contributed by atoms with Crippen molar-refractivity contribution in [3.63, 3.8) is 0 Å². The number of amides is 2. The predicted molar refractivity (Wildman–Crippen MR) is 146 cm³/mol. The first-order valence-corrected chi connectivity index (χ1v) is 13.4. The first kappa shape index (κ1) is 26.8. The molecule has 3 aromatic rings. The monoisotopic (exact) mass is 508 g/mol. The largest absolute Gasteiger partial charge is 0.352 e. The van der Waals surface area contributed by atoms with E-state index in [-0.39, 0.29) is 17.9 Å². The summed E-state index contributed by atoms with van der Waals surface area (Å²) >= 11 is 7.88. The molecular formula is C29H33ClN2O2S. The number of thioether (sulfide) groups is 1. The quantitative estimate of drug-likeness (QED) is 0.289. The molecule has 0 unspecified atom stereocenters. The normalized spacial score (nSPS) is 12.5. The molecule has 0 heterocycles. The van der Waals surface area contributed by atoms with Crippen LogP contribution >= 0.6 is 23.4 Å². The van der Waals surface area contributed by atoms with Crippen molar-refractivity contribution >= 4 is 35.2 Å². The van der Waals surface area contributed by atoms with Crippen molar-refractivity contribution in [1.82, 2.24) is 10.2 Å². The fourth-order valence-corrected chi connectivity index (χ4v) is 4.82. The second-order valence-electron chi connectivity index (χ2n) is 8.59. The SMILES string of the molecule is CC[C@@H](C)NC(=O)[C@H](Cc1ccccc1)N(Cc1cccc(Cl)c1)C(=O)CCSc1ccccc1. The Kier molecular flexibility index (Phi) is 10.7. The molecule has 2 atom stereocenters. The van der Waals surface area contributed by atoms with E-state index in [1.165, 1.54) is 0 Å². The summed E-state index contributed by atoms with van der Waals surface area (Å²) in [4.78, 5) is 29.9. The van der Waals surface area contributed by atoms with Crippen molar-refractivity contribution in [2.75, 3.05) is 5.75 Å². The first-order chi connectivity index (χ1) is 17.0. The summed E-state index contributed by atoms with van der Waals surface area (Å²) in [6, 6.07) is 26.8. The summed E-state index contributed by atoms with van der Waals surface area (Å²) in [7, 11) is 0. The third-order valence-electron chi connectivity index (χ3n) is 5.84. The van der Waals surface area contributed by atoms with Crippen LogP contribution in [0.1, 0.15) is 37.8 Å². The summed E-state index contributed by atoms with van der Waals surface area (Å²) in [5.74, 6) is 0.461. The number of hydrogen-bond donors (Lipinski definition) is 1. The molecular weight excluding hydrogens is 476 g/mol. The number of rotatable bonds is 12. The Bertz CT molecular complexity index is 1080. The van der Waals surface area contributed by atoms with Crippen LogP contribution in [0, 0.1) is 0 Å². The van der Waals surface area contributed by atoms with Gasteiger partial charge in [-0.25, -0.2) is 0 Å². The number of nitrogens with one attached hydrogen (secondary N) is 1. The van der Waals surface area contributed by atoms with Gasteiger partial charge in [0.05, 0.1) is 0 Å². The average molecular weight is 509 g/mol. The zero-order valence-corrected chi connectivity index (χ0v) is 21.9. The molecule has 0 aliphatic rings. The topological polar surface area (TPSA) is 49.4 Å². The van der Waals surface area contributed by atoms with Crippen molar-refractivity contribution < 1.29 is 9.59 Å². The molecule has 0 saturated heterocycles. The highest BCUT2D eigenvalue weighted by atomic mass is 35.5. The van der Waals surface area contributed by atoms with Gasteiger partial charge in [-0.1, -0.05) is 79.2 Å². The van der Waals surface area contributed by atoms with Gasteiger partial charge in [0.25, 0.3) is 0 Å². The van der Waals surface area contributed by atoms with E-state index in [0.717, 1.165) is 22.4 Å². The molecule has 0 fully saturated rings. The Morgan fingerprint density at radius 3 is 2.26 bits per heavy atom. The summed E-state index contributed by atoms with van der Waals surface area (Å²) in [6.45, 7) is 4.34. The van der Waals surface area contributed by atoms with Crippen LogP contribution in [0.4, 0.5) is 0 Å². The summed E-state index contributed by atoms with van der Waals surface area (Å²) in [5.41, 5.74) is 1.91. The number of carbonyl (C=O) groups is 2. The second kappa shape index (κ2) is 14.0. The van der Waals surface area contributed by atoms with Crippen molar-refractivity contribution in [2.24, 2.45) is 0 Å². The number of hydrogen-bond acceptors (Lipinski definition) is 3. The predicted octanol–water partition coefficient (Wildman–Crippen LogP) is 6.38. The minimum atomic E-state index is -0.625. The highest BCUT2D eigenvalue weighted by molar-refractivity contribution is 7.99. The Morgan fingerprint density at radius 2 is 1.60 bits per heavy atom. The smallest absolute Gasteiger partial charge is 0.243 e. The molecule has 0 aromatic heterocycles. The fourth-order valence-electron chi connectivity index (χ4n) is 3.74. The molecule has 184 valence electrons. The second-order valence-corrected chi connectivity index (χ2v) is 10.2. The molecule has 4 nitrogen and oxygen atoms in total. The van der Waals surface area contributed by atoms with Gasteiger partial charge in [-0.15, -0.1) is 11.8 Å². The zero-order chi connectivity index (χ0) is 25.0. The minimum absolute atomic E-state index is 0.0255. The van der Waals surface area contributed by atoms with E-state index in [1.807, 2.05) is 98.8 Å². The van der Waals surface area contributed by atoms with Crippen LogP contribution < -0.4 is 5.32 Å². The number of carbonyl (C=O) groups excluding carboxylic acids is 2. The van der Waals surface area contributed by atoms with Gasteiger partial charge < -0.3 is 10.2 Å². The van der Waals surface area contributed by atoms with Crippen LogP contribution in [-0.4, -0.2) is 34.6 Å². The van der Waals surface area contributed by atoms with Gasteiger partial charge in [0.15, 0.2) is 0 Å². The van der Waals surface area contributed by atoms with Crippen molar-refractivity contribution in [1.29, 1.82) is 0 Å². The summed E-state index contributed by atoms with van der Waals surface area (Å²) in [6.07, 6.45) is 1.60. The van der Waals surface area contributed by atoms with Crippen LogP contribution in [0.25, 0.3) is 0 Å². The van der Waals surface area contributed by atoms with E-state index in [4.69, 9.17) is 11.6 Å². The number of nitrogens with zero attached hydrogens (tertiary/aromatic N) is 1. The summed E-state index contributed by atoms with van der Waals surface area (Å²) in [5, 5.41) is 3.71. The van der Waals surface area contributed by atoms with E-state index >= 15 is 0 Å². The Balaban J connectivity index is 1.86. The van der Waals surface area contributed by atoms with Crippen LogP contribution in [0.2, 0.25) is 5.02 Å². The molecule has 0 saturated carbocycles. The van der Waals surface area contributed by atoms with E-state index in [2.05, 4.69) is 5.32 Å². The summed E-state index contributed by atoms with van der Waals surface area (Å²) < 4.78 is 0. The van der Waals surface area contributed by atoms with Crippen molar-refractivity contribution in [3.05, 3.63) is 101 Å². The molecule has 0 radical (unpaired) electrons. The van der Waals surface area contributed by atoms with E-state index < -0.39 is 6.04 Å². The maximum absolute atomic E-state index is 13.6. The van der Waals surface area contributed by atoms with Gasteiger partial charge in [0.2, 0.25) is 11.8 Å². The fraction of sp³-hybridized carbons (Fsp3) is 0.310. The highest BCUT2D eigenvalue weighted by Gasteiger charge is 2.30. The van der Waals surface area contributed by atoms with Crippen molar-refractivity contribution in [2.45, 2.75) is 56.6 Å². The zero-order valence-electron chi connectivity index (χ0n) is 20.3. The standard InChI is InChI=1S/C29H33ClN2O2S/c1-3-22(2)31-29(34)27(20-23-11-6-4-7-12-23)32(21-24-13-10-14-25(30)19-24)28(33)17-18-35-26-15-8-5-9-16-26/h4-16,19,22,27H,3,17-18,20-21H2,1-2H3,(H,31,34)/t22-,27+/m1/s1. The lowest BCUT2D eigenvalue weighted by atomic mass is 10.0. The van der Waals surface area contributed by atoms with Gasteiger partial charge in [0.1, 0.15) is 6.04 Å². The molecule has 2 amide bonds. The van der Waals surface area contributed by atoms with Crippen LogP contribution in [0.15, 0.2) is 89.8 Å². The third-order valence-corrected chi connectivity index (χ3v) is 7.09. The first-order valence-electron chi connectivity index (χ1n) is 12.0. The van der Waals surface area contributed by atoms with Crippen LogP contribution in [0.3, 0.4) is 0 Å². The molecule has 1 N–H and O–H groups in total. The van der Waals surface area contributed by atoms with Gasteiger partial charge in [-0.3, -0.25) is 9.59 Å².